The van der Waals surface area contributed by atoms with Gasteiger partial charge in [-0.2, -0.15) is 5.26 Å². The molecule has 2 saturated carbocycles. The van der Waals surface area contributed by atoms with Gasteiger partial charge in [0.2, 0.25) is 0 Å². The maximum Gasteiger partial charge on any atom is 0.192 e. The first-order valence-corrected chi connectivity index (χ1v) is 32.0. The van der Waals surface area contributed by atoms with Crippen LogP contribution in [0.3, 0.4) is 0 Å². The van der Waals surface area contributed by atoms with E-state index < -0.39 is 16.6 Å². The molecule has 0 amide bonds. The zero-order valence-corrected chi connectivity index (χ0v) is 45.2. The first-order chi connectivity index (χ1) is 30.6. The van der Waals surface area contributed by atoms with Gasteiger partial charge in [0, 0.05) is 12.2 Å². The van der Waals surface area contributed by atoms with Crippen LogP contribution in [-0.2, 0) is 34.5 Å². The van der Waals surface area contributed by atoms with Crippen molar-refractivity contribution in [1.29, 1.82) is 5.26 Å². The third-order valence-corrected chi connectivity index (χ3v) is 26.5. The second kappa shape index (κ2) is 23.4. The Labute approximate surface area is 399 Å². The minimum absolute atomic E-state index is 0.0868. The van der Waals surface area contributed by atoms with Gasteiger partial charge in [0.1, 0.15) is 17.6 Å². The van der Waals surface area contributed by atoms with Gasteiger partial charge >= 0.3 is 0 Å². The van der Waals surface area contributed by atoms with Gasteiger partial charge in [-0.3, -0.25) is 0 Å². The summed E-state index contributed by atoms with van der Waals surface area (Å²) < 4.78 is 19.5. The maximum atomic E-state index is 11.1. The summed E-state index contributed by atoms with van der Waals surface area (Å²) in [4.78, 5) is 0. The quantitative estimate of drug-likeness (QED) is 0.0895. The Balaban J connectivity index is 0.000000245. The summed E-state index contributed by atoms with van der Waals surface area (Å²) in [6.45, 7) is 28.0. The van der Waals surface area contributed by atoms with E-state index in [0.717, 1.165) is 88.4 Å². The van der Waals surface area contributed by atoms with Gasteiger partial charge in [-0.1, -0.05) is 118 Å². The first kappa shape index (κ1) is 53.8. The molecule has 7 nitrogen and oxygen atoms in total. The maximum absolute atomic E-state index is 11.1. The molecule has 0 unspecified atom stereocenters. The fourth-order valence-electron chi connectivity index (χ4n) is 11.6. The van der Waals surface area contributed by atoms with Crippen LogP contribution >= 0.6 is 0 Å². The van der Waals surface area contributed by atoms with Gasteiger partial charge in [0.25, 0.3) is 0 Å². The highest BCUT2D eigenvalue weighted by molar-refractivity contribution is 6.74. The van der Waals surface area contributed by atoms with Crippen LogP contribution < -0.4 is 4.74 Å². The third kappa shape index (κ3) is 14.0. The van der Waals surface area contributed by atoms with E-state index in [1.54, 1.807) is 6.07 Å². The van der Waals surface area contributed by atoms with Crippen LogP contribution in [0.5, 0.6) is 11.5 Å². The summed E-state index contributed by atoms with van der Waals surface area (Å²) in [7, 11) is -3.62. The normalized spacial score (nSPS) is 26.2. The van der Waals surface area contributed by atoms with E-state index in [0.29, 0.717) is 53.5 Å². The highest BCUT2D eigenvalue weighted by Crippen LogP contribution is 2.51. The van der Waals surface area contributed by atoms with Crippen molar-refractivity contribution in [2.24, 2.45) is 35.5 Å². The van der Waals surface area contributed by atoms with Crippen molar-refractivity contribution >= 4 is 16.6 Å². The Morgan fingerprint density at radius 2 is 1.09 bits per heavy atom. The average molecular weight is 933 g/mol. The number of aliphatic hydroxyl groups is 2. The van der Waals surface area contributed by atoms with Gasteiger partial charge in [0.15, 0.2) is 23.2 Å². The lowest BCUT2D eigenvalue weighted by molar-refractivity contribution is 0.0893. The number of hydrogen-bond acceptors (Lipinski definition) is 7. The molecule has 0 saturated heterocycles. The number of aromatic hydroxyl groups is 1. The van der Waals surface area contributed by atoms with Gasteiger partial charge in [-0.15, -0.1) is 0 Å². The Bertz CT molecular complexity index is 1830. The second-order valence-corrected chi connectivity index (χ2v) is 33.5. The number of nitrogens with zero attached hydrogens (tertiary/aromatic N) is 1. The summed E-state index contributed by atoms with van der Waals surface area (Å²) >= 11 is 0. The Hall–Kier alpha value is -2.20. The summed E-state index contributed by atoms with van der Waals surface area (Å²) in [5.74, 6) is 4.06. The lowest BCUT2D eigenvalue weighted by Crippen LogP contribution is -2.44. The van der Waals surface area contributed by atoms with Gasteiger partial charge in [0.05, 0.1) is 12.2 Å². The molecule has 4 aliphatic rings. The van der Waals surface area contributed by atoms with Crippen LogP contribution in [0.1, 0.15) is 168 Å². The molecule has 4 aliphatic carbocycles. The van der Waals surface area contributed by atoms with E-state index >= 15 is 0 Å². The Kier molecular flexibility index (Phi) is 19.4. The summed E-state index contributed by atoms with van der Waals surface area (Å²) in [5, 5.41) is 41.7. The number of nitriles is 1. The number of benzene rings is 2. The molecule has 2 fully saturated rings. The van der Waals surface area contributed by atoms with Gasteiger partial charge < -0.3 is 28.9 Å². The Morgan fingerprint density at radius 1 is 0.646 bits per heavy atom. The molecular formula is C56H93NO6Si2. The number of ether oxygens (including phenoxy) is 1. The van der Waals surface area contributed by atoms with Crippen molar-refractivity contribution in [3.8, 4) is 17.6 Å². The fraction of sp³-hybridized carbons (Fsp3) is 0.768. The zero-order valence-electron chi connectivity index (χ0n) is 43.2. The molecule has 0 aromatic heterocycles. The van der Waals surface area contributed by atoms with Crippen molar-refractivity contribution in [2.75, 3.05) is 6.61 Å². The number of unbranched alkanes of at least 4 members (excludes halogenated alkanes) is 4. The van der Waals surface area contributed by atoms with Crippen molar-refractivity contribution in [2.45, 2.75) is 232 Å². The monoisotopic (exact) mass is 932 g/mol. The smallest absolute Gasteiger partial charge is 0.192 e. The standard InChI is InChI=1S/C29H47NO3Si.C27H46O3Si/c1-7-8-9-12-23(33-34(5,6)29(2,3)4)14-15-24-25-18-21-11-10-13-28(32-17-16-30)26(21)19-22(25)20-27(24)31;1-7-8-9-12-21(30-31(5,6)27(2,3)4)14-15-22-23-16-19-11-10-13-25(28)24(19)17-20(23)18-26(22)29/h10-11,13,22-25,27,31H,7-9,12,14-15,17-20H2,1-6H3;10-11,13,20-23,26,28-29H,7-9,12,14-18H2,1-6H3/t22-,23-,24+,25-,27+;20-,21-,22+,23-,26+/m00/s1. The molecule has 6 rings (SSSR count). The number of aliphatic hydroxyl groups excluding tert-OH is 2. The van der Waals surface area contributed by atoms with E-state index in [1.165, 1.54) is 55.2 Å². The summed E-state index contributed by atoms with van der Waals surface area (Å²) in [5.41, 5.74) is 5.01. The molecule has 0 bridgehead atoms. The first-order valence-electron chi connectivity index (χ1n) is 26.2. The highest BCUT2D eigenvalue weighted by atomic mass is 28.4. The SMILES string of the molecule is CCCCC[C@@H](CC[C@@H]1[C@H]2Cc3cccc(O)c3C[C@H]2C[C@H]1O)O[Si](C)(C)C(C)(C)C.CCCCC[C@@H](CC[C@@H]1[C@H]2Cc3cccc(OCC#N)c3C[C@H]2C[C@H]1O)O[Si](C)(C)C(C)(C)C. The third-order valence-electron chi connectivity index (χ3n) is 17.4. The number of phenols is 1. The molecule has 3 N–H and O–H groups in total. The van der Waals surface area contributed by atoms with Crippen LogP contribution in [0.25, 0.3) is 0 Å². The van der Waals surface area contributed by atoms with E-state index in [9.17, 15) is 15.3 Å². The average Bonchev–Trinajstić information content (AvgIpc) is 3.71. The minimum Gasteiger partial charge on any atom is -0.508 e. The molecule has 0 heterocycles. The number of phenolic OH excluding ortho intramolecular Hbond substituents is 1. The van der Waals surface area contributed by atoms with Crippen molar-refractivity contribution in [3.63, 3.8) is 0 Å². The second-order valence-electron chi connectivity index (χ2n) is 24.0. The molecule has 9 heteroatoms. The van der Waals surface area contributed by atoms with Crippen LogP contribution in [0.15, 0.2) is 36.4 Å². The van der Waals surface area contributed by atoms with E-state index in [-0.39, 0.29) is 28.9 Å². The van der Waals surface area contributed by atoms with Crippen molar-refractivity contribution in [3.05, 3.63) is 58.7 Å². The largest absolute Gasteiger partial charge is 0.508 e. The molecule has 0 aliphatic heterocycles. The van der Waals surface area contributed by atoms with Crippen LogP contribution in [0, 0.1) is 46.8 Å². The molecule has 2 aromatic rings. The number of hydrogen-bond donors (Lipinski definition) is 3. The van der Waals surface area contributed by atoms with Crippen molar-refractivity contribution in [1.82, 2.24) is 0 Å². The molecule has 0 radical (unpaired) electrons. The fourth-order valence-corrected chi connectivity index (χ4v) is 14.4. The number of rotatable bonds is 20. The summed E-state index contributed by atoms with van der Waals surface area (Å²) in [6, 6.07) is 14.3. The predicted octanol–water partition coefficient (Wildman–Crippen LogP) is 13.9. The summed E-state index contributed by atoms with van der Waals surface area (Å²) in [6.07, 6.45) is 19.8. The van der Waals surface area contributed by atoms with E-state index in [1.807, 2.05) is 18.2 Å². The van der Waals surface area contributed by atoms with Gasteiger partial charge in [-0.05, 0) is 183 Å². The molecule has 2 aromatic carbocycles. The highest BCUT2D eigenvalue weighted by Gasteiger charge is 2.47. The predicted molar refractivity (Wildman–Crippen MR) is 274 cm³/mol. The Morgan fingerprint density at radius 3 is 1.54 bits per heavy atom. The molecule has 366 valence electrons. The lowest BCUT2D eigenvalue weighted by atomic mass is 9.73. The van der Waals surface area contributed by atoms with Crippen LogP contribution in [0.4, 0.5) is 0 Å². The topological polar surface area (TPSA) is 112 Å². The van der Waals surface area contributed by atoms with Crippen LogP contribution in [-0.4, -0.2) is 63.0 Å². The minimum atomic E-state index is -1.82. The zero-order chi connectivity index (χ0) is 47.7. The van der Waals surface area contributed by atoms with Gasteiger partial charge in [-0.25, -0.2) is 0 Å². The molecule has 10 atom stereocenters. The molecule has 65 heavy (non-hydrogen) atoms. The van der Waals surface area contributed by atoms with E-state index in [4.69, 9.17) is 18.9 Å². The van der Waals surface area contributed by atoms with Crippen LogP contribution in [0.2, 0.25) is 36.3 Å². The van der Waals surface area contributed by atoms with Crippen molar-refractivity contribution < 1.29 is 28.9 Å². The molecular weight excluding hydrogens is 839 g/mol. The molecule has 0 spiro atoms. The number of fused-ring (bicyclic) bond motifs is 4. The van der Waals surface area contributed by atoms with E-state index in [2.05, 4.69) is 99.8 Å². The lowest BCUT2D eigenvalue weighted by Gasteiger charge is -2.40.